The first-order valence-electron chi connectivity index (χ1n) is 7.39. The van der Waals surface area contributed by atoms with E-state index in [4.69, 9.17) is 10.5 Å². The largest absolute Gasteiger partial charge is 0.496 e. The minimum absolute atomic E-state index is 0.0960. The van der Waals surface area contributed by atoms with Gasteiger partial charge in [0.05, 0.1) is 13.2 Å². The molecule has 0 aromatic heterocycles. The number of para-hydroxylation sites is 1. The van der Waals surface area contributed by atoms with Gasteiger partial charge in [-0.2, -0.15) is 0 Å². The van der Waals surface area contributed by atoms with Crippen LogP contribution < -0.4 is 10.5 Å². The van der Waals surface area contributed by atoms with E-state index in [1.165, 1.54) is 5.56 Å². The van der Waals surface area contributed by atoms with E-state index in [0.29, 0.717) is 0 Å². The van der Waals surface area contributed by atoms with E-state index in [1.54, 1.807) is 7.11 Å². The van der Waals surface area contributed by atoms with E-state index in [1.807, 2.05) is 12.1 Å². The summed E-state index contributed by atoms with van der Waals surface area (Å²) in [6.07, 6.45) is 0.942. The first-order valence-corrected chi connectivity index (χ1v) is 7.39. The zero-order valence-electron chi connectivity index (χ0n) is 13.8. The van der Waals surface area contributed by atoms with Crippen LogP contribution in [0, 0.1) is 5.41 Å². The van der Waals surface area contributed by atoms with Gasteiger partial charge in [0.1, 0.15) is 5.75 Å². The van der Waals surface area contributed by atoms with Crippen molar-refractivity contribution in [3.8, 4) is 5.75 Å². The van der Waals surface area contributed by atoms with Crippen LogP contribution in [0.2, 0.25) is 0 Å². The highest BCUT2D eigenvalue weighted by atomic mass is 16.5. The van der Waals surface area contributed by atoms with Crippen molar-refractivity contribution in [3.63, 3.8) is 0 Å². The van der Waals surface area contributed by atoms with Crippen molar-refractivity contribution in [3.05, 3.63) is 29.8 Å². The Bertz CT molecular complexity index is 412. The van der Waals surface area contributed by atoms with Crippen molar-refractivity contribution in [2.24, 2.45) is 11.1 Å². The molecular formula is C17H30N2O. The Morgan fingerprint density at radius 2 is 1.85 bits per heavy atom. The van der Waals surface area contributed by atoms with Gasteiger partial charge in [0.2, 0.25) is 0 Å². The Balaban J connectivity index is 3.12. The van der Waals surface area contributed by atoms with Gasteiger partial charge in [-0.3, -0.25) is 4.90 Å². The maximum Gasteiger partial charge on any atom is 0.123 e. The van der Waals surface area contributed by atoms with Crippen molar-refractivity contribution in [2.45, 2.75) is 46.2 Å². The van der Waals surface area contributed by atoms with E-state index in [9.17, 15) is 0 Å². The third-order valence-corrected chi connectivity index (χ3v) is 3.53. The number of benzene rings is 1. The molecule has 3 nitrogen and oxygen atoms in total. The van der Waals surface area contributed by atoms with E-state index in [2.05, 4.69) is 51.8 Å². The Hall–Kier alpha value is -1.06. The lowest BCUT2D eigenvalue weighted by Crippen LogP contribution is -2.42. The first-order chi connectivity index (χ1) is 9.30. The molecule has 2 atom stereocenters. The fourth-order valence-corrected chi connectivity index (χ4v) is 2.78. The highest BCUT2D eigenvalue weighted by Gasteiger charge is 2.28. The molecule has 0 aliphatic carbocycles. The van der Waals surface area contributed by atoms with Crippen molar-refractivity contribution in [1.82, 2.24) is 4.90 Å². The Morgan fingerprint density at radius 1 is 1.25 bits per heavy atom. The molecule has 1 aromatic carbocycles. The van der Waals surface area contributed by atoms with Crippen LogP contribution in [-0.4, -0.2) is 31.6 Å². The van der Waals surface area contributed by atoms with Crippen LogP contribution in [0.5, 0.6) is 5.75 Å². The van der Waals surface area contributed by atoms with Gasteiger partial charge < -0.3 is 10.5 Å². The summed E-state index contributed by atoms with van der Waals surface area (Å²) < 4.78 is 5.52. The standard InChI is InChI=1S/C17H30N2O/c1-7-14(18)16(19(5)12-17(2,3)4)13-10-8-9-11-15(13)20-6/h8-11,14,16H,7,12,18H2,1-6H3. The molecule has 1 aromatic rings. The number of hydrogen-bond acceptors (Lipinski definition) is 3. The smallest absolute Gasteiger partial charge is 0.123 e. The molecule has 3 heteroatoms. The number of rotatable bonds is 6. The van der Waals surface area contributed by atoms with E-state index in [-0.39, 0.29) is 17.5 Å². The lowest BCUT2D eigenvalue weighted by molar-refractivity contribution is 0.148. The Kier molecular flexibility index (Phi) is 6.03. The molecule has 0 radical (unpaired) electrons. The highest BCUT2D eigenvalue weighted by Crippen LogP contribution is 2.33. The third kappa shape index (κ3) is 4.50. The fourth-order valence-electron chi connectivity index (χ4n) is 2.78. The number of ether oxygens (including phenoxy) is 1. The summed E-state index contributed by atoms with van der Waals surface area (Å²) in [5, 5.41) is 0. The SMILES string of the molecule is CCC(N)C(c1ccccc1OC)N(C)CC(C)(C)C. The molecular weight excluding hydrogens is 248 g/mol. The van der Waals surface area contributed by atoms with Crippen LogP contribution in [0.1, 0.15) is 45.7 Å². The van der Waals surface area contributed by atoms with Crippen LogP contribution in [0.25, 0.3) is 0 Å². The van der Waals surface area contributed by atoms with Crippen LogP contribution in [-0.2, 0) is 0 Å². The number of nitrogens with two attached hydrogens (primary N) is 1. The molecule has 114 valence electrons. The number of hydrogen-bond donors (Lipinski definition) is 1. The second-order valence-corrected chi connectivity index (χ2v) is 6.73. The van der Waals surface area contributed by atoms with Crippen molar-refractivity contribution in [1.29, 1.82) is 0 Å². The second kappa shape index (κ2) is 7.09. The topological polar surface area (TPSA) is 38.5 Å². The molecule has 0 aliphatic heterocycles. The van der Waals surface area contributed by atoms with E-state index in [0.717, 1.165) is 18.7 Å². The van der Waals surface area contributed by atoms with Crippen molar-refractivity contribution in [2.75, 3.05) is 20.7 Å². The van der Waals surface area contributed by atoms with E-state index >= 15 is 0 Å². The minimum Gasteiger partial charge on any atom is -0.496 e. The van der Waals surface area contributed by atoms with Crippen molar-refractivity contribution >= 4 is 0 Å². The third-order valence-electron chi connectivity index (χ3n) is 3.53. The summed E-state index contributed by atoms with van der Waals surface area (Å²) in [4.78, 5) is 2.35. The summed E-state index contributed by atoms with van der Waals surface area (Å²) in [7, 11) is 3.87. The van der Waals surface area contributed by atoms with E-state index < -0.39 is 0 Å². The van der Waals surface area contributed by atoms with Gasteiger partial charge in [0.25, 0.3) is 0 Å². The summed E-state index contributed by atoms with van der Waals surface area (Å²) in [6, 6.07) is 8.46. The molecule has 0 spiro atoms. The summed E-state index contributed by atoms with van der Waals surface area (Å²) in [5.41, 5.74) is 7.81. The molecule has 0 fully saturated rings. The summed E-state index contributed by atoms with van der Waals surface area (Å²) in [6.45, 7) is 9.88. The average Bonchev–Trinajstić information content (AvgIpc) is 2.37. The predicted molar refractivity (Wildman–Crippen MR) is 86.1 cm³/mol. The molecule has 0 heterocycles. The number of methoxy groups -OCH3 is 1. The highest BCUT2D eigenvalue weighted by molar-refractivity contribution is 5.36. The normalized spacial score (nSPS) is 15.2. The van der Waals surface area contributed by atoms with Gasteiger partial charge in [-0.1, -0.05) is 45.9 Å². The summed E-state index contributed by atoms with van der Waals surface area (Å²) in [5.74, 6) is 0.919. The van der Waals surface area contributed by atoms with Crippen molar-refractivity contribution < 1.29 is 4.74 Å². The number of likely N-dealkylation sites (N-methyl/N-ethyl adjacent to an activating group) is 1. The van der Waals surface area contributed by atoms with Gasteiger partial charge in [-0.25, -0.2) is 0 Å². The molecule has 1 rings (SSSR count). The molecule has 0 bridgehead atoms. The van der Waals surface area contributed by atoms with Crippen LogP contribution in [0.3, 0.4) is 0 Å². The quantitative estimate of drug-likeness (QED) is 0.866. The maximum absolute atomic E-state index is 6.40. The molecule has 2 N–H and O–H groups in total. The second-order valence-electron chi connectivity index (χ2n) is 6.73. The predicted octanol–water partition coefficient (Wildman–Crippen LogP) is 3.45. The zero-order valence-corrected chi connectivity index (χ0v) is 13.8. The molecule has 20 heavy (non-hydrogen) atoms. The lowest BCUT2D eigenvalue weighted by Gasteiger charge is -2.37. The fraction of sp³-hybridized carbons (Fsp3) is 0.647. The van der Waals surface area contributed by atoms with Gasteiger partial charge in [-0.15, -0.1) is 0 Å². The average molecular weight is 278 g/mol. The van der Waals surface area contributed by atoms with Crippen LogP contribution in [0.15, 0.2) is 24.3 Å². The van der Waals surface area contributed by atoms with Crippen LogP contribution >= 0.6 is 0 Å². The van der Waals surface area contributed by atoms with Crippen LogP contribution in [0.4, 0.5) is 0 Å². The first kappa shape index (κ1) is 17.0. The number of nitrogens with zero attached hydrogens (tertiary/aromatic N) is 1. The van der Waals surface area contributed by atoms with Gasteiger partial charge in [0.15, 0.2) is 0 Å². The lowest BCUT2D eigenvalue weighted by atomic mass is 9.91. The molecule has 0 amide bonds. The molecule has 0 aliphatic rings. The maximum atomic E-state index is 6.40. The Morgan fingerprint density at radius 3 is 2.35 bits per heavy atom. The monoisotopic (exact) mass is 278 g/mol. The zero-order chi connectivity index (χ0) is 15.3. The summed E-state index contributed by atoms with van der Waals surface area (Å²) >= 11 is 0. The molecule has 2 unspecified atom stereocenters. The minimum atomic E-state index is 0.0960. The molecule has 0 saturated heterocycles. The Labute approximate surface area is 124 Å². The molecule has 0 saturated carbocycles. The van der Waals surface area contributed by atoms with Gasteiger partial charge in [0, 0.05) is 18.2 Å². The van der Waals surface area contributed by atoms with Gasteiger partial charge >= 0.3 is 0 Å². The van der Waals surface area contributed by atoms with Gasteiger partial charge in [-0.05, 0) is 24.9 Å².